The Hall–Kier alpha value is -4.35. The van der Waals surface area contributed by atoms with Crippen molar-refractivity contribution in [3.05, 3.63) is 89.0 Å². The zero-order valence-corrected chi connectivity index (χ0v) is 19.8. The summed E-state index contributed by atoms with van der Waals surface area (Å²) in [5.41, 5.74) is 3.81. The predicted molar refractivity (Wildman–Crippen MR) is 132 cm³/mol. The second-order valence-electron chi connectivity index (χ2n) is 8.90. The summed E-state index contributed by atoms with van der Waals surface area (Å²) in [6.45, 7) is 2.72. The number of aromatic nitrogens is 2. The number of hydrogen-bond acceptors (Lipinski definition) is 6. The van der Waals surface area contributed by atoms with Crippen LogP contribution in [0.5, 0.6) is 5.75 Å². The Bertz CT molecular complexity index is 1530. The fraction of sp³-hybridized carbons (Fsp3) is 0.214. The molecule has 0 saturated heterocycles. The molecule has 180 valence electrons. The lowest BCUT2D eigenvalue weighted by Gasteiger charge is -2.30. The lowest BCUT2D eigenvalue weighted by atomic mass is 9.79. The van der Waals surface area contributed by atoms with Gasteiger partial charge in [0.25, 0.3) is 5.91 Å². The summed E-state index contributed by atoms with van der Waals surface area (Å²) in [7, 11) is 1.53. The van der Waals surface area contributed by atoms with Crippen LogP contribution in [0, 0.1) is 17.1 Å². The fourth-order valence-corrected chi connectivity index (χ4v) is 4.35. The van der Waals surface area contributed by atoms with E-state index in [2.05, 4.69) is 21.4 Å². The second kappa shape index (κ2) is 9.36. The van der Waals surface area contributed by atoms with E-state index in [1.165, 1.54) is 19.2 Å². The van der Waals surface area contributed by atoms with Gasteiger partial charge in [0.15, 0.2) is 0 Å². The Morgan fingerprint density at radius 2 is 2.08 bits per heavy atom. The molecule has 1 amide bonds. The van der Waals surface area contributed by atoms with Gasteiger partial charge in [-0.1, -0.05) is 6.07 Å². The second-order valence-corrected chi connectivity index (χ2v) is 8.90. The highest BCUT2D eigenvalue weighted by atomic mass is 19.1. The molecule has 0 saturated carbocycles. The van der Waals surface area contributed by atoms with Gasteiger partial charge in [0.05, 0.1) is 49.8 Å². The highest BCUT2D eigenvalue weighted by Gasteiger charge is 2.33. The molecule has 3 heterocycles. The number of nitrogens with zero attached hydrogens (tertiary/aromatic N) is 3. The summed E-state index contributed by atoms with van der Waals surface area (Å²) >= 11 is 0. The Labute approximate surface area is 207 Å². The van der Waals surface area contributed by atoms with Crippen molar-refractivity contribution in [3.8, 4) is 23.1 Å². The van der Waals surface area contributed by atoms with Crippen molar-refractivity contribution in [2.75, 3.05) is 13.7 Å². The number of rotatable bonds is 5. The van der Waals surface area contributed by atoms with Crippen LogP contribution >= 0.6 is 0 Å². The third kappa shape index (κ3) is 4.37. The molecule has 0 radical (unpaired) electrons. The van der Waals surface area contributed by atoms with Crippen LogP contribution < -0.4 is 10.1 Å². The van der Waals surface area contributed by atoms with Gasteiger partial charge in [-0.2, -0.15) is 5.26 Å². The Morgan fingerprint density at radius 1 is 1.22 bits per heavy atom. The van der Waals surface area contributed by atoms with Gasteiger partial charge in [0.1, 0.15) is 17.0 Å². The molecular formula is C28H23FN4O3. The minimum absolute atomic E-state index is 0.194. The van der Waals surface area contributed by atoms with Crippen LogP contribution in [0.4, 0.5) is 4.39 Å². The number of halogens is 1. The molecule has 1 aliphatic rings. The van der Waals surface area contributed by atoms with Crippen molar-refractivity contribution in [2.24, 2.45) is 0 Å². The topological polar surface area (TPSA) is 97.1 Å². The van der Waals surface area contributed by atoms with E-state index in [1.54, 1.807) is 36.5 Å². The number of pyridine rings is 2. The highest BCUT2D eigenvalue weighted by molar-refractivity contribution is 5.94. The predicted octanol–water partition coefficient (Wildman–Crippen LogP) is 4.69. The van der Waals surface area contributed by atoms with E-state index in [0.717, 1.165) is 16.5 Å². The van der Waals surface area contributed by atoms with E-state index in [1.807, 2.05) is 19.1 Å². The summed E-state index contributed by atoms with van der Waals surface area (Å²) in [6, 6.07) is 17.4. The van der Waals surface area contributed by atoms with Crippen LogP contribution in [0.2, 0.25) is 0 Å². The number of nitrogens with one attached hydrogen (secondary N) is 1. The number of carbonyl (C=O) groups excluding carboxylic acids is 1. The van der Waals surface area contributed by atoms with Gasteiger partial charge in [0.2, 0.25) is 0 Å². The zero-order chi connectivity index (χ0) is 25.3. The molecule has 0 fully saturated rings. The van der Waals surface area contributed by atoms with Crippen LogP contribution in [0.25, 0.3) is 22.2 Å². The van der Waals surface area contributed by atoms with Crippen LogP contribution in [-0.4, -0.2) is 29.6 Å². The minimum atomic E-state index is -0.794. The molecule has 5 rings (SSSR count). The largest absolute Gasteiger partial charge is 0.496 e. The Morgan fingerprint density at radius 3 is 2.89 bits per heavy atom. The van der Waals surface area contributed by atoms with E-state index >= 15 is 0 Å². The maximum Gasteiger partial charge on any atom is 0.251 e. The molecule has 1 aliphatic heterocycles. The van der Waals surface area contributed by atoms with Crippen molar-refractivity contribution in [3.63, 3.8) is 0 Å². The summed E-state index contributed by atoms with van der Waals surface area (Å²) < 4.78 is 24.8. The van der Waals surface area contributed by atoms with E-state index in [0.29, 0.717) is 47.0 Å². The number of hydrogen-bond donors (Lipinski definition) is 1. The number of methoxy groups -OCH3 is 1. The summed E-state index contributed by atoms with van der Waals surface area (Å²) in [5.74, 6) is -0.123. The zero-order valence-electron chi connectivity index (χ0n) is 19.8. The van der Waals surface area contributed by atoms with Gasteiger partial charge in [-0.15, -0.1) is 0 Å². The molecule has 7 nitrogen and oxygen atoms in total. The van der Waals surface area contributed by atoms with Gasteiger partial charge in [-0.3, -0.25) is 9.78 Å². The molecule has 0 aliphatic carbocycles. The number of fused-ring (bicyclic) bond motifs is 2. The van der Waals surface area contributed by atoms with Crippen molar-refractivity contribution >= 4 is 16.8 Å². The van der Waals surface area contributed by atoms with E-state index in [-0.39, 0.29) is 18.3 Å². The molecule has 0 unspecified atom stereocenters. The van der Waals surface area contributed by atoms with Crippen LogP contribution in [0.3, 0.4) is 0 Å². The lowest BCUT2D eigenvalue weighted by Crippen LogP contribution is -2.33. The van der Waals surface area contributed by atoms with E-state index in [9.17, 15) is 14.4 Å². The smallest absolute Gasteiger partial charge is 0.251 e. The third-order valence-corrected chi connectivity index (χ3v) is 6.36. The average molecular weight is 483 g/mol. The molecule has 0 bridgehead atoms. The molecule has 2 aromatic heterocycles. The standard InChI is InChI=1S/C28H23FN4O3/c1-28(15-30)16-36-14-19-4-3-17(9-23(19)28)27(34)32-13-21-11-25-18(12-31-21)5-7-24(33-25)22-10-20(29)6-8-26(22)35-2/h3-12H,13-14,16H2,1-2H3,(H,32,34)/t28-/m1/s1. The van der Waals surface area contributed by atoms with Gasteiger partial charge in [-0.05, 0) is 66.6 Å². The van der Waals surface area contributed by atoms with Crippen molar-refractivity contribution in [1.82, 2.24) is 15.3 Å². The molecule has 1 atom stereocenters. The molecule has 2 aromatic carbocycles. The van der Waals surface area contributed by atoms with Crippen LogP contribution in [0.15, 0.2) is 60.8 Å². The first-order valence-corrected chi connectivity index (χ1v) is 11.4. The maximum atomic E-state index is 13.9. The maximum absolute atomic E-state index is 13.9. The third-order valence-electron chi connectivity index (χ3n) is 6.36. The SMILES string of the molecule is COc1ccc(F)cc1-c1ccc2cnc(CNC(=O)c3ccc4c(c3)[C@](C)(C#N)COC4)cc2n1. The first-order chi connectivity index (χ1) is 17.4. The van der Waals surface area contributed by atoms with Gasteiger partial charge in [-0.25, -0.2) is 9.37 Å². The quantitative estimate of drug-likeness (QED) is 0.443. The van der Waals surface area contributed by atoms with Crippen molar-refractivity contribution in [2.45, 2.75) is 25.5 Å². The van der Waals surface area contributed by atoms with Gasteiger partial charge in [0, 0.05) is 22.7 Å². The molecule has 1 N–H and O–H groups in total. The normalized spacial score (nSPS) is 16.7. The van der Waals surface area contributed by atoms with E-state index < -0.39 is 5.41 Å². The average Bonchev–Trinajstić information content (AvgIpc) is 2.91. The number of benzene rings is 2. The monoisotopic (exact) mass is 482 g/mol. The summed E-state index contributed by atoms with van der Waals surface area (Å²) in [4.78, 5) is 22.0. The molecule has 8 heteroatoms. The lowest BCUT2D eigenvalue weighted by molar-refractivity contribution is 0.0757. The van der Waals surface area contributed by atoms with Crippen molar-refractivity contribution < 1.29 is 18.7 Å². The van der Waals surface area contributed by atoms with Gasteiger partial charge < -0.3 is 14.8 Å². The number of carbonyl (C=O) groups is 1. The number of amides is 1. The molecule has 36 heavy (non-hydrogen) atoms. The minimum Gasteiger partial charge on any atom is -0.496 e. The van der Waals surface area contributed by atoms with Crippen molar-refractivity contribution in [1.29, 1.82) is 5.26 Å². The van der Waals surface area contributed by atoms with Crippen LogP contribution in [-0.2, 0) is 23.3 Å². The Balaban J connectivity index is 1.37. The molecule has 4 aromatic rings. The van der Waals surface area contributed by atoms with Crippen LogP contribution in [0.1, 0.15) is 34.1 Å². The summed E-state index contributed by atoms with van der Waals surface area (Å²) in [6.07, 6.45) is 1.69. The summed E-state index contributed by atoms with van der Waals surface area (Å²) in [5, 5.41) is 13.3. The first kappa shape index (κ1) is 23.4. The fourth-order valence-electron chi connectivity index (χ4n) is 4.35. The number of nitriles is 1. The number of ether oxygens (including phenoxy) is 2. The Kier molecular flexibility index (Phi) is 6.08. The molecular weight excluding hydrogens is 459 g/mol. The highest BCUT2D eigenvalue weighted by Crippen LogP contribution is 2.33. The van der Waals surface area contributed by atoms with Gasteiger partial charge >= 0.3 is 0 Å². The first-order valence-electron chi connectivity index (χ1n) is 11.4. The van der Waals surface area contributed by atoms with E-state index in [4.69, 9.17) is 9.47 Å². The molecule has 0 spiro atoms.